The van der Waals surface area contributed by atoms with Gasteiger partial charge in [0.1, 0.15) is 11.5 Å². The molecule has 1 fully saturated rings. The standard InChI is InChI=1S/C13H20N2O2/c1-9-4-5-11(17-9)6-12(16)15-8-10(14)7-13(15,2)3/h4-5,10H,6-8,14H2,1-3H3. The number of amides is 1. The summed E-state index contributed by atoms with van der Waals surface area (Å²) in [6.45, 7) is 6.64. The minimum Gasteiger partial charge on any atom is -0.466 e. The summed E-state index contributed by atoms with van der Waals surface area (Å²) in [7, 11) is 0. The highest BCUT2D eigenvalue weighted by Gasteiger charge is 2.39. The Kier molecular flexibility index (Phi) is 3.00. The van der Waals surface area contributed by atoms with Gasteiger partial charge in [0, 0.05) is 18.1 Å². The summed E-state index contributed by atoms with van der Waals surface area (Å²) in [5, 5.41) is 0. The van der Waals surface area contributed by atoms with Crippen molar-refractivity contribution in [3.63, 3.8) is 0 Å². The maximum atomic E-state index is 12.2. The molecule has 2 rings (SSSR count). The monoisotopic (exact) mass is 236 g/mol. The van der Waals surface area contributed by atoms with E-state index in [0.717, 1.165) is 17.9 Å². The Morgan fingerprint density at radius 2 is 2.29 bits per heavy atom. The van der Waals surface area contributed by atoms with E-state index in [4.69, 9.17) is 10.2 Å². The third kappa shape index (κ3) is 2.52. The minimum absolute atomic E-state index is 0.0901. The maximum absolute atomic E-state index is 12.2. The molecule has 0 aromatic carbocycles. The van der Waals surface area contributed by atoms with Crippen molar-refractivity contribution >= 4 is 5.91 Å². The van der Waals surface area contributed by atoms with E-state index >= 15 is 0 Å². The first-order valence-corrected chi connectivity index (χ1v) is 6.00. The summed E-state index contributed by atoms with van der Waals surface area (Å²) in [4.78, 5) is 14.1. The molecule has 4 nitrogen and oxygen atoms in total. The fourth-order valence-electron chi connectivity index (χ4n) is 2.56. The number of furan rings is 1. The Bertz CT molecular complexity index is 423. The molecule has 1 saturated heterocycles. The zero-order chi connectivity index (χ0) is 12.6. The number of hydrogen-bond donors (Lipinski definition) is 1. The molecule has 0 radical (unpaired) electrons. The molecule has 1 amide bonds. The fraction of sp³-hybridized carbons (Fsp3) is 0.615. The Labute approximate surface area is 102 Å². The second-order valence-corrected chi connectivity index (χ2v) is 5.47. The number of likely N-dealkylation sites (tertiary alicyclic amines) is 1. The molecule has 0 bridgehead atoms. The van der Waals surface area contributed by atoms with Crippen molar-refractivity contribution in [3.05, 3.63) is 23.7 Å². The number of aryl methyl sites for hydroxylation is 1. The van der Waals surface area contributed by atoms with E-state index in [0.29, 0.717) is 13.0 Å². The molecule has 0 spiro atoms. The van der Waals surface area contributed by atoms with Gasteiger partial charge in [0.05, 0.1) is 6.42 Å². The van der Waals surface area contributed by atoms with Gasteiger partial charge in [-0.05, 0) is 39.3 Å². The van der Waals surface area contributed by atoms with Gasteiger partial charge in [-0.2, -0.15) is 0 Å². The van der Waals surface area contributed by atoms with Crippen molar-refractivity contribution in [3.8, 4) is 0 Å². The third-order valence-corrected chi connectivity index (χ3v) is 3.33. The number of nitrogens with two attached hydrogens (primary N) is 1. The van der Waals surface area contributed by atoms with Crippen LogP contribution in [0.25, 0.3) is 0 Å². The van der Waals surface area contributed by atoms with E-state index < -0.39 is 0 Å². The maximum Gasteiger partial charge on any atom is 0.230 e. The van der Waals surface area contributed by atoms with E-state index in [9.17, 15) is 4.79 Å². The molecule has 1 aliphatic heterocycles. The summed E-state index contributed by atoms with van der Waals surface area (Å²) in [5.41, 5.74) is 5.78. The highest BCUT2D eigenvalue weighted by atomic mass is 16.3. The van der Waals surface area contributed by atoms with Crippen LogP contribution >= 0.6 is 0 Å². The zero-order valence-electron chi connectivity index (χ0n) is 10.7. The lowest BCUT2D eigenvalue weighted by Crippen LogP contribution is -2.43. The van der Waals surface area contributed by atoms with Crippen molar-refractivity contribution in [2.24, 2.45) is 5.73 Å². The van der Waals surface area contributed by atoms with Gasteiger partial charge >= 0.3 is 0 Å². The highest BCUT2D eigenvalue weighted by molar-refractivity contribution is 5.79. The third-order valence-electron chi connectivity index (χ3n) is 3.33. The molecule has 0 saturated carbocycles. The fourth-order valence-corrected chi connectivity index (χ4v) is 2.56. The summed E-state index contributed by atoms with van der Waals surface area (Å²) in [6, 6.07) is 3.83. The predicted molar refractivity (Wildman–Crippen MR) is 65.5 cm³/mol. The molecule has 1 unspecified atom stereocenters. The summed E-state index contributed by atoms with van der Waals surface area (Å²) in [5.74, 6) is 1.66. The summed E-state index contributed by atoms with van der Waals surface area (Å²) in [6.07, 6.45) is 1.18. The van der Waals surface area contributed by atoms with Gasteiger partial charge in [-0.25, -0.2) is 0 Å². The Morgan fingerprint density at radius 1 is 1.59 bits per heavy atom. The van der Waals surface area contributed by atoms with E-state index in [1.807, 2.05) is 24.0 Å². The molecular formula is C13H20N2O2. The number of nitrogens with zero attached hydrogens (tertiary/aromatic N) is 1. The molecule has 0 aliphatic carbocycles. The molecule has 17 heavy (non-hydrogen) atoms. The topological polar surface area (TPSA) is 59.5 Å². The van der Waals surface area contributed by atoms with Crippen LogP contribution in [-0.4, -0.2) is 28.9 Å². The van der Waals surface area contributed by atoms with E-state index in [-0.39, 0.29) is 17.5 Å². The molecular weight excluding hydrogens is 216 g/mol. The van der Waals surface area contributed by atoms with Crippen LogP contribution in [0.1, 0.15) is 31.8 Å². The van der Waals surface area contributed by atoms with Crippen molar-refractivity contribution < 1.29 is 9.21 Å². The smallest absolute Gasteiger partial charge is 0.230 e. The summed E-state index contributed by atoms with van der Waals surface area (Å²) < 4.78 is 5.43. The average Bonchev–Trinajstić information content (AvgIpc) is 2.69. The van der Waals surface area contributed by atoms with Gasteiger partial charge in [0.25, 0.3) is 0 Å². The molecule has 94 valence electrons. The van der Waals surface area contributed by atoms with E-state index in [1.165, 1.54) is 0 Å². The first-order chi connectivity index (χ1) is 7.88. The van der Waals surface area contributed by atoms with Crippen LogP contribution in [0, 0.1) is 6.92 Å². The second kappa shape index (κ2) is 4.18. The van der Waals surface area contributed by atoms with Crippen molar-refractivity contribution in [2.75, 3.05) is 6.54 Å². The second-order valence-electron chi connectivity index (χ2n) is 5.47. The van der Waals surface area contributed by atoms with E-state index in [2.05, 4.69) is 13.8 Å². The predicted octanol–water partition coefficient (Wildman–Crippen LogP) is 1.47. The Hall–Kier alpha value is -1.29. The zero-order valence-corrected chi connectivity index (χ0v) is 10.7. The van der Waals surface area contributed by atoms with Crippen molar-refractivity contribution in [1.29, 1.82) is 0 Å². The van der Waals surface area contributed by atoms with Gasteiger partial charge < -0.3 is 15.1 Å². The van der Waals surface area contributed by atoms with E-state index in [1.54, 1.807) is 0 Å². The molecule has 1 aromatic heterocycles. The summed E-state index contributed by atoms with van der Waals surface area (Å²) >= 11 is 0. The molecule has 1 aliphatic rings. The van der Waals surface area contributed by atoms with Crippen LogP contribution in [0.4, 0.5) is 0 Å². The van der Waals surface area contributed by atoms with Crippen LogP contribution in [0.3, 0.4) is 0 Å². The van der Waals surface area contributed by atoms with Gasteiger partial charge in [-0.3, -0.25) is 4.79 Å². The lowest BCUT2D eigenvalue weighted by atomic mass is 10.0. The average molecular weight is 236 g/mol. The molecule has 1 atom stereocenters. The number of rotatable bonds is 2. The van der Waals surface area contributed by atoms with Gasteiger partial charge in [0.15, 0.2) is 0 Å². The number of carbonyl (C=O) groups excluding carboxylic acids is 1. The Balaban J connectivity index is 2.05. The lowest BCUT2D eigenvalue weighted by molar-refractivity contribution is -0.133. The number of carbonyl (C=O) groups is 1. The quantitative estimate of drug-likeness (QED) is 0.846. The highest BCUT2D eigenvalue weighted by Crippen LogP contribution is 2.28. The van der Waals surface area contributed by atoms with Gasteiger partial charge in [-0.1, -0.05) is 0 Å². The number of hydrogen-bond acceptors (Lipinski definition) is 3. The normalized spacial score (nSPS) is 23.1. The van der Waals surface area contributed by atoms with Crippen LogP contribution < -0.4 is 5.73 Å². The largest absolute Gasteiger partial charge is 0.466 e. The first-order valence-electron chi connectivity index (χ1n) is 6.00. The van der Waals surface area contributed by atoms with Crippen molar-refractivity contribution in [2.45, 2.75) is 45.2 Å². The van der Waals surface area contributed by atoms with Gasteiger partial charge in [-0.15, -0.1) is 0 Å². The molecule has 4 heteroatoms. The molecule has 1 aromatic rings. The lowest BCUT2D eigenvalue weighted by Gasteiger charge is -2.31. The first kappa shape index (κ1) is 12.2. The SMILES string of the molecule is Cc1ccc(CC(=O)N2CC(N)CC2(C)C)o1. The van der Waals surface area contributed by atoms with Crippen LogP contribution in [0.15, 0.2) is 16.5 Å². The van der Waals surface area contributed by atoms with Crippen LogP contribution in [0.5, 0.6) is 0 Å². The van der Waals surface area contributed by atoms with Crippen LogP contribution in [-0.2, 0) is 11.2 Å². The van der Waals surface area contributed by atoms with Crippen LogP contribution in [0.2, 0.25) is 0 Å². The van der Waals surface area contributed by atoms with Crippen molar-refractivity contribution in [1.82, 2.24) is 4.90 Å². The molecule has 2 heterocycles. The minimum atomic E-state index is -0.141. The Morgan fingerprint density at radius 3 is 2.76 bits per heavy atom. The molecule has 2 N–H and O–H groups in total. The van der Waals surface area contributed by atoms with Gasteiger partial charge in [0.2, 0.25) is 5.91 Å².